The number of anilines is 1. The molecule has 0 spiro atoms. The topological polar surface area (TPSA) is 58.4 Å². The number of likely N-dealkylation sites (tertiary alicyclic amines) is 1. The minimum Gasteiger partial charge on any atom is -0.326 e. The average Bonchev–Trinajstić information content (AvgIpc) is 2.71. The Balaban J connectivity index is 1.95. The van der Waals surface area contributed by atoms with E-state index in [1.807, 2.05) is 31.2 Å². The third-order valence-corrected chi connectivity index (χ3v) is 4.41. The number of nitrogens with two attached hydrogens (primary N) is 1. The van der Waals surface area contributed by atoms with Crippen LogP contribution in [0.2, 0.25) is 0 Å². The van der Waals surface area contributed by atoms with Gasteiger partial charge in [-0.2, -0.15) is 0 Å². The molecule has 21 heavy (non-hydrogen) atoms. The van der Waals surface area contributed by atoms with Gasteiger partial charge in [-0.25, -0.2) is 0 Å². The summed E-state index contributed by atoms with van der Waals surface area (Å²) < 4.78 is 0. The fraction of sp³-hybridized carbons (Fsp3) is 0.588. The van der Waals surface area contributed by atoms with E-state index < -0.39 is 0 Å². The van der Waals surface area contributed by atoms with E-state index in [0.717, 1.165) is 30.3 Å². The van der Waals surface area contributed by atoms with Crippen LogP contribution in [0.5, 0.6) is 0 Å². The van der Waals surface area contributed by atoms with Gasteiger partial charge in [0.2, 0.25) is 5.91 Å². The Morgan fingerprint density at radius 3 is 3.00 bits per heavy atom. The first kappa shape index (κ1) is 16.0. The molecule has 2 unspecified atom stereocenters. The molecule has 1 fully saturated rings. The minimum atomic E-state index is -0.0863. The van der Waals surface area contributed by atoms with E-state index in [4.69, 9.17) is 5.73 Å². The fourth-order valence-electron chi connectivity index (χ4n) is 2.86. The van der Waals surface area contributed by atoms with E-state index in [2.05, 4.69) is 17.1 Å². The molecule has 1 saturated heterocycles. The van der Waals surface area contributed by atoms with Crippen molar-refractivity contribution in [3.63, 3.8) is 0 Å². The standard InChI is InChI=1S/C17H27N3O/c1-13-5-4-9-20(10-8-13)14(2)17(21)19-16-7-3-6-15(11-16)12-18/h3,6-7,11,13-14H,4-5,8-10,12,18H2,1-2H3,(H,19,21). The van der Waals surface area contributed by atoms with Gasteiger partial charge in [0.25, 0.3) is 0 Å². The van der Waals surface area contributed by atoms with Crippen molar-refractivity contribution in [2.45, 2.75) is 45.7 Å². The average molecular weight is 289 g/mol. The van der Waals surface area contributed by atoms with E-state index in [0.29, 0.717) is 6.54 Å². The number of nitrogens with one attached hydrogen (secondary N) is 1. The summed E-state index contributed by atoms with van der Waals surface area (Å²) in [5.74, 6) is 0.838. The summed E-state index contributed by atoms with van der Waals surface area (Å²) in [6.07, 6.45) is 3.63. The molecule has 1 aromatic rings. The Bertz CT molecular complexity index is 475. The van der Waals surface area contributed by atoms with E-state index in [9.17, 15) is 4.79 Å². The lowest BCUT2D eigenvalue weighted by Crippen LogP contribution is -2.42. The molecule has 0 saturated carbocycles. The molecular weight excluding hydrogens is 262 g/mol. The molecule has 0 aromatic heterocycles. The van der Waals surface area contributed by atoms with E-state index in [-0.39, 0.29) is 11.9 Å². The smallest absolute Gasteiger partial charge is 0.241 e. The fourth-order valence-corrected chi connectivity index (χ4v) is 2.86. The summed E-state index contributed by atoms with van der Waals surface area (Å²) in [4.78, 5) is 14.7. The number of hydrogen-bond acceptors (Lipinski definition) is 3. The second kappa shape index (κ2) is 7.57. The van der Waals surface area contributed by atoms with Crippen LogP contribution in [0.4, 0.5) is 5.69 Å². The van der Waals surface area contributed by atoms with Gasteiger partial charge >= 0.3 is 0 Å². The first-order chi connectivity index (χ1) is 10.1. The van der Waals surface area contributed by atoms with Crippen molar-refractivity contribution in [1.29, 1.82) is 0 Å². The van der Waals surface area contributed by atoms with Gasteiger partial charge in [0.1, 0.15) is 0 Å². The van der Waals surface area contributed by atoms with Crippen LogP contribution in [0.15, 0.2) is 24.3 Å². The number of nitrogens with zero attached hydrogens (tertiary/aromatic N) is 1. The van der Waals surface area contributed by atoms with E-state index >= 15 is 0 Å². The zero-order chi connectivity index (χ0) is 15.2. The van der Waals surface area contributed by atoms with Gasteiger partial charge in [0.05, 0.1) is 6.04 Å². The molecule has 116 valence electrons. The van der Waals surface area contributed by atoms with Gasteiger partial charge in [0.15, 0.2) is 0 Å². The highest BCUT2D eigenvalue weighted by atomic mass is 16.2. The molecule has 1 heterocycles. The monoisotopic (exact) mass is 289 g/mol. The Kier molecular flexibility index (Phi) is 5.76. The number of rotatable bonds is 4. The highest BCUT2D eigenvalue weighted by Gasteiger charge is 2.23. The predicted octanol–water partition coefficient (Wildman–Crippen LogP) is 2.59. The van der Waals surface area contributed by atoms with Gasteiger partial charge in [-0.05, 0) is 62.9 Å². The van der Waals surface area contributed by atoms with Crippen LogP contribution in [0.1, 0.15) is 38.7 Å². The van der Waals surface area contributed by atoms with Gasteiger partial charge < -0.3 is 11.1 Å². The molecule has 2 rings (SSSR count). The molecule has 1 aliphatic heterocycles. The summed E-state index contributed by atoms with van der Waals surface area (Å²) in [5.41, 5.74) is 7.50. The number of amides is 1. The molecular formula is C17H27N3O. The van der Waals surface area contributed by atoms with Crippen LogP contribution in [0, 0.1) is 5.92 Å². The Morgan fingerprint density at radius 2 is 2.24 bits per heavy atom. The minimum absolute atomic E-state index is 0.0683. The summed E-state index contributed by atoms with van der Waals surface area (Å²) >= 11 is 0. The van der Waals surface area contributed by atoms with Crippen LogP contribution in [-0.2, 0) is 11.3 Å². The third-order valence-electron chi connectivity index (χ3n) is 4.41. The van der Waals surface area contributed by atoms with Crippen LogP contribution < -0.4 is 11.1 Å². The Labute approximate surface area is 127 Å². The summed E-state index contributed by atoms with van der Waals surface area (Å²) in [6.45, 7) is 6.81. The van der Waals surface area contributed by atoms with Crippen LogP contribution in [0.25, 0.3) is 0 Å². The van der Waals surface area contributed by atoms with Crippen molar-refractivity contribution < 1.29 is 4.79 Å². The lowest BCUT2D eigenvalue weighted by atomic mass is 10.0. The quantitative estimate of drug-likeness (QED) is 0.895. The molecule has 4 nitrogen and oxygen atoms in total. The maximum absolute atomic E-state index is 12.4. The van der Waals surface area contributed by atoms with Crippen molar-refractivity contribution in [3.8, 4) is 0 Å². The lowest BCUT2D eigenvalue weighted by molar-refractivity contribution is -0.120. The molecule has 1 amide bonds. The van der Waals surface area contributed by atoms with Crippen molar-refractivity contribution in [3.05, 3.63) is 29.8 Å². The lowest BCUT2D eigenvalue weighted by Gasteiger charge is -2.26. The number of carbonyl (C=O) groups is 1. The van der Waals surface area contributed by atoms with Crippen molar-refractivity contribution >= 4 is 11.6 Å². The number of benzene rings is 1. The van der Waals surface area contributed by atoms with E-state index in [1.54, 1.807) is 0 Å². The molecule has 3 N–H and O–H groups in total. The summed E-state index contributed by atoms with van der Waals surface area (Å²) in [5, 5.41) is 3.01. The normalized spacial score (nSPS) is 21.6. The maximum Gasteiger partial charge on any atom is 0.241 e. The second-order valence-corrected chi connectivity index (χ2v) is 6.14. The Morgan fingerprint density at radius 1 is 1.43 bits per heavy atom. The second-order valence-electron chi connectivity index (χ2n) is 6.14. The number of hydrogen-bond donors (Lipinski definition) is 2. The predicted molar refractivity (Wildman–Crippen MR) is 87.0 cm³/mol. The van der Waals surface area contributed by atoms with Gasteiger partial charge in [-0.1, -0.05) is 19.1 Å². The van der Waals surface area contributed by atoms with Gasteiger partial charge in [-0.15, -0.1) is 0 Å². The molecule has 0 aliphatic carbocycles. The molecule has 1 aliphatic rings. The maximum atomic E-state index is 12.4. The SMILES string of the molecule is CC1CCCN(C(C)C(=O)Nc2cccc(CN)c2)CC1. The molecule has 0 bridgehead atoms. The van der Waals surface area contributed by atoms with E-state index in [1.165, 1.54) is 19.3 Å². The third kappa shape index (κ3) is 4.55. The highest BCUT2D eigenvalue weighted by Crippen LogP contribution is 2.19. The van der Waals surface area contributed by atoms with Crippen molar-refractivity contribution in [2.75, 3.05) is 18.4 Å². The highest BCUT2D eigenvalue weighted by molar-refractivity contribution is 5.94. The van der Waals surface area contributed by atoms with Crippen LogP contribution >= 0.6 is 0 Å². The van der Waals surface area contributed by atoms with Gasteiger partial charge in [-0.3, -0.25) is 9.69 Å². The summed E-state index contributed by atoms with van der Waals surface area (Å²) in [7, 11) is 0. The van der Waals surface area contributed by atoms with Crippen LogP contribution in [0.3, 0.4) is 0 Å². The molecule has 1 aromatic carbocycles. The molecule has 0 radical (unpaired) electrons. The zero-order valence-corrected chi connectivity index (χ0v) is 13.1. The number of carbonyl (C=O) groups excluding carboxylic acids is 1. The summed E-state index contributed by atoms with van der Waals surface area (Å²) in [6, 6.07) is 7.66. The van der Waals surface area contributed by atoms with Crippen LogP contribution in [-0.4, -0.2) is 29.9 Å². The van der Waals surface area contributed by atoms with Crippen molar-refractivity contribution in [1.82, 2.24) is 4.90 Å². The largest absolute Gasteiger partial charge is 0.326 e. The zero-order valence-electron chi connectivity index (χ0n) is 13.1. The van der Waals surface area contributed by atoms with Gasteiger partial charge in [0, 0.05) is 12.2 Å². The molecule has 4 heteroatoms. The van der Waals surface area contributed by atoms with Crippen molar-refractivity contribution in [2.24, 2.45) is 11.7 Å². The Hall–Kier alpha value is -1.39. The first-order valence-corrected chi connectivity index (χ1v) is 7.94. The molecule has 2 atom stereocenters. The first-order valence-electron chi connectivity index (χ1n) is 7.94.